The fraction of sp³-hybridized carbons (Fsp3) is 0.375. The van der Waals surface area contributed by atoms with Crippen LogP contribution in [0.3, 0.4) is 0 Å². The fourth-order valence-electron chi connectivity index (χ4n) is 0.964. The van der Waals surface area contributed by atoms with Crippen LogP contribution in [-0.4, -0.2) is 26.0 Å². The van der Waals surface area contributed by atoms with Gasteiger partial charge in [0.15, 0.2) is 0 Å². The lowest BCUT2D eigenvalue weighted by Gasteiger charge is -2.03. The Morgan fingerprint density at radius 1 is 1.60 bits per heavy atom. The number of carbonyl (C=O) groups is 1. The van der Waals surface area contributed by atoms with Gasteiger partial charge >= 0.3 is 5.97 Å². The quantitative estimate of drug-likeness (QED) is 0.819. The minimum absolute atomic E-state index is 0.136. The summed E-state index contributed by atoms with van der Waals surface area (Å²) in [4.78, 5) is 10.7. The SMILES string of the molecule is CCCNS(=O)(=O)c1sccc1C(=O)O. The first kappa shape index (κ1) is 12.2. The molecule has 0 aliphatic rings. The van der Waals surface area contributed by atoms with Crippen LogP contribution < -0.4 is 4.72 Å². The van der Waals surface area contributed by atoms with Crippen LogP contribution in [0.25, 0.3) is 0 Å². The highest BCUT2D eigenvalue weighted by molar-refractivity contribution is 7.91. The molecule has 0 amide bonds. The number of rotatable bonds is 5. The van der Waals surface area contributed by atoms with Crippen molar-refractivity contribution in [2.75, 3.05) is 6.54 Å². The Hall–Kier alpha value is -0.920. The summed E-state index contributed by atoms with van der Waals surface area (Å²) in [5, 5.41) is 10.2. The third kappa shape index (κ3) is 2.77. The largest absolute Gasteiger partial charge is 0.478 e. The topological polar surface area (TPSA) is 83.5 Å². The van der Waals surface area contributed by atoms with E-state index in [-0.39, 0.29) is 9.77 Å². The lowest BCUT2D eigenvalue weighted by atomic mass is 10.4. The maximum atomic E-state index is 11.6. The van der Waals surface area contributed by atoms with Crippen molar-refractivity contribution >= 4 is 27.3 Å². The predicted molar refractivity (Wildman–Crippen MR) is 56.8 cm³/mol. The third-order valence-corrected chi connectivity index (χ3v) is 4.59. The highest BCUT2D eigenvalue weighted by atomic mass is 32.2. The number of hydrogen-bond acceptors (Lipinski definition) is 4. The number of hydrogen-bond donors (Lipinski definition) is 2. The van der Waals surface area contributed by atoms with Crippen LogP contribution in [-0.2, 0) is 10.0 Å². The summed E-state index contributed by atoms with van der Waals surface area (Å²) in [5.74, 6) is -1.23. The van der Waals surface area contributed by atoms with Crippen LogP contribution >= 0.6 is 11.3 Å². The molecule has 1 aromatic rings. The van der Waals surface area contributed by atoms with Crippen molar-refractivity contribution in [3.8, 4) is 0 Å². The van der Waals surface area contributed by atoms with Crippen molar-refractivity contribution in [1.82, 2.24) is 4.72 Å². The molecule has 0 aliphatic heterocycles. The van der Waals surface area contributed by atoms with E-state index in [9.17, 15) is 13.2 Å². The lowest BCUT2D eigenvalue weighted by Crippen LogP contribution is -2.25. The Morgan fingerprint density at radius 3 is 2.80 bits per heavy atom. The highest BCUT2D eigenvalue weighted by Crippen LogP contribution is 2.22. The number of nitrogens with one attached hydrogen (secondary N) is 1. The molecule has 0 saturated carbocycles. The zero-order valence-electron chi connectivity index (χ0n) is 8.06. The van der Waals surface area contributed by atoms with Crippen molar-refractivity contribution in [3.05, 3.63) is 17.0 Å². The summed E-state index contributed by atoms with van der Waals surface area (Å²) >= 11 is 0.904. The van der Waals surface area contributed by atoms with Crippen LogP contribution in [0, 0.1) is 0 Å². The fourth-order valence-corrected chi connectivity index (χ4v) is 3.47. The zero-order chi connectivity index (χ0) is 11.5. The molecule has 1 rings (SSSR count). The maximum Gasteiger partial charge on any atom is 0.337 e. The molecule has 0 saturated heterocycles. The number of thiophene rings is 1. The van der Waals surface area contributed by atoms with E-state index in [2.05, 4.69) is 4.72 Å². The Balaban J connectivity index is 3.05. The van der Waals surface area contributed by atoms with E-state index in [4.69, 9.17) is 5.11 Å². The van der Waals surface area contributed by atoms with Gasteiger partial charge in [-0.3, -0.25) is 0 Å². The van der Waals surface area contributed by atoms with Crippen LogP contribution in [0.1, 0.15) is 23.7 Å². The molecule has 0 bridgehead atoms. The molecule has 0 atom stereocenters. The van der Waals surface area contributed by atoms with Crippen molar-refractivity contribution in [3.63, 3.8) is 0 Å². The molecule has 2 N–H and O–H groups in total. The van der Waals surface area contributed by atoms with E-state index in [1.54, 1.807) is 0 Å². The molecule has 5 nitrogen and oxygen atoms in total. The van der Waals surface area contributed by atoms with Gasteiger partial charge in [-0.1, -0.05) is 6.92 Å². The van der Waals surface area contributed by atoms with E-state index >= 15 is 0 Å². The van der Waals surface area contributed by atoms with Crippen LogP contribution in [0.15, 0.2) is 15.7 Å². The molecule has 0 unspecified atom stereocenters. The first-order valence-corrected chi connectivity index (χ1v) is 6.65. The summed E-state index contributed by atoms with van der Waals surface area (Å²) in [7, 11) is -3.67. The predicted octanol–water partition coefficient (Wildman–Crippen LogP) is 1.13. The van der Waals surface area contributed by atoms with Crippen LogP contribution in [0.5, 0.6) is 0 Å². The van der Waals surface area contributed by atoms with Gasteiger partial charge in [0.05, 0.1) is 5.56 Å². The van der Waals surface area contributed by atoms with Crippen LogP contribution in [0.2, 0.25) is 0 Å². The molecular weight excluding hydrogens is 238 g/mol. The second kappa shape index (κ2) is 4.73. The molecule has 0 spiro atoms. The average molecular weight is 249 g/mol. The zero-order valence-corrected chi connectivity index (χ0v) is 9.69. The first-order chi connectivity index (χ1) is 6.99. The van der Waals surface area contributed by atoms with Gasteiger partial charge in [-0.25, -0.2) is 17.9 Å². The number of carboxylic acid groups (broad SMARTS) is 1. The van der Waals surface area contributed by atoms with Crippen LogP contribution in [0.4, 0.5) is 0 Å². The second-order valence-electron chi connectivity index (χ2n) is 2.82. The van der Waals surface area contributed by atoms with Crippen molar-refractivity contribution < 1.29 is 18.3 Å². The van der Waals surface area contributed by atoms with Gasteiger partial charge in [-0.05, 0) is 17.9 Å². The highest BCUT2D eigenvalue weighted by Gasteiger charge is 2.23. The molecule has 15 heavy (non-hydrogen) atoms. The van der Waals surface area contributed by atoms with Gasteiger partial charge in [-0.2, -0.15) is 0 Å². The maximum absolute atomic E-state index is 11.6. The van der Waals surface area contributed by atoms with Gasteiger partial charge in [0, 0.05) is 6.54 Å². The molecule has 0 aliphatic carbocycles. The van der Waals surface area contributed by atoms with E-state index in [1.807, 2.05) is 6.92 Å². The number of carboxylic acids is 1. The Morgan fingerprint density at radius 2 is 2.27 bits per heavy atom. The Bertz CT molecular complexity index is 449. The monoisotopic (exact) mass is 249 g/mol. The van der Waals surface area contributed by atoms with Crippen molar-refractivity contribution in [2.24, 2.45) is 0 Å². The minimum atomic E-state index is -3.67. The molecule has 84 valence electrons. The van der Waals surface area contributed by atoms with E-state index in [0.29, 0.717) is 13.0 Å². The first-order valence-electron chi connectivity index (χ1n) is 4.29. The van der Waals surface area contributed by atoms with Gasteiger partial charge < -0.3 is 5.11 Å². The summed E-state index contributed by atoms with van der Waals surface area (Å²) in [6.07, 6.45) is 0.660. The van der Waals surface area contributed by atoms with E-state index in [1.165, 1.54) is 11.4 Å². The molecule has 1 aromatic heterocycles. The molecule has 1 heterocycles. The van der Waals surface area contributed by atoms with Gasteiger partial charge in [-0.15, -0.1) is 11.3 Å². The summed E-state index contributed by atoms with van der Waals surface area (Å²) < 4.78 is 25.4. The minimum Gasteiger partial charge on any atom is -0.478 e. The van der Waals surface area contributed by atoms with Gasteiger partial charge in [0.25, 0.3) is 10.0 Å². The van der Waals surface area contributed by atoms with Gasteiger partial charge in [0.1, 0.15) is 4.21 Å². The van der Waals surface area contributed by atoms with E-state index < -0.39 is 16.0 Å². The van der Waals surface area contributed by atoms with Gasteiger partial charge in [0.2, 0.25) is 0 Å². The molecule has 7 heteroatoms. The standard InChI is InChI=1S/C8H11NO4S2/c1-2-4-9-15(12,13)8-6(7(10)11)3-5-14-8/h3,5,9H,2,4H2,1H3,(H,10,11). The number of aromatic carboxylic acids is 1. The molecule has 0 radical (unpaired) electrons. The normalized spacial score (nSPS) is 11.5. The Labute approximate surface area is 91.8 Å². The Kier molecular flexibility index (Phi) is 3.83. The summed E-state index contributed by atoms with van der Waals surface area (Å²) in [6.45, 7) is 2.13. The molecule has 0 fully saturated rings. The molecule has 0 aromatic carbocycles. The number of sulfonamides is 1. The smallest absolute Gasteiger partial charge is 0.337 e. The molecular formula is C8H11NO4S2. The average Bonchev–Trinajstić information content (AvgIpc) is 2.63. The van der Waals surface area contributed by atoms with Crippen molar-refractivity contribution in [1.29, 1.82) is 0 Å². The summed E-state index contributed by atoms with van der Waals surface area (Å²) in [6, 6.07) is 1.29. The van der Waals surface area contributed by atoms with Crippen molar-refractivity contribution in [2.45, 2.75) is 17.6 Å². The van der Waals surface area contributed by atoms with E-state index in [0.717, 1.165) is 11.3 Å². The second-order valence-corrected chi connectivity index (χ2v) is 5.70. The summed E-state index contributed by atoms with van der Waals surface area (Å²) in [5.41, 5.74) is -0.177. The lowest BCUT2D eigenvalue weighted by molar-refractivity contribution is 0.0693. The third-order valence-electron chi connectivity index (χ3n) is 1.65.